The summed E-state index contributed by atoms with van der Waals surface area (Å²) in [4.78, 5) is 33.6. The fourth-order valence-corrected chi connectivity index (χ4v) is 4.22. The molecule has 0 spiro atoms. The van der Waals surface area contributed by atoms with Crippen molar-refractivity contribution in [3.8, 4) is 11.8 Å². The van der Waals surface area contributed by atoms with E-state index in [2.05, 4.69) is 30.9 Å². The maximum absolute atomic E-state index is 12.5. The molecule has 32 heavy (non-hydrogen) atoms. The number of hydrogen-bond donors (Lipinski definition) is 0. The first-order chi connectivity index (χ1) is 15.6. The predicted molar refractivity (Wildman–Crippen MR) is 114 cm³/mol. The Bertz CT molecular complexity index is 1120. The second kappa shape index (κ2) is 8.45. The highest BCUT2D eigenvalue weighted by molar-refractivity contribution is 5.91. The Kier molecular flexibility index (Phi) is 5.34. The van der Waals surface area contributed by atoms with Crippen LogP contribution in [0.25, 0.3) is 0 Å². The second-order valence-electron chi connectivity index (χ2n) is 7.94. The summed E-state index contributed by atoms with van der Waals surface area (Å²) in [6, 6.07) is 2.07. The SMILES string of the molecule is COc1ncc(N2CCc3ncnc(O[C@H]4CCN(C(=O)c5cnco5)C4)c3C2)cc1C. The van der Waals surface area contributed by atoms with Crippen molar-refractivity contribution in [1.29, 1.82) is 0 Å². The van der Waals surface area contributed by atoms with Crippen molar-refractivity contribution in [2.24, 2.45) is 0 Å². The van der Waals surface area contributed by atoms with Gasteiger partial charge in [-0.15, -0.1) is 0 Å². The first kappa shape index (κ1) is 20.2. The number of anilines is 1. The normalized spacial score (nSPS) is 17.9. The third-order valence-corrected chi connectivity index (χ3v) is 5.89. The molecule has 0 aromatic carbocycles. The molecule has 0 saturated carbocycles. The summed E-state index contributed by atoms with van der Waals surface area (Å²) in [5.41, 5.74) is 3.98. The summed E-state index contributed by atoms with van der Waals surface area (Å²) in [5, 5.41) is 0. The number of aromatic nitrogens is 4. The van der Waals surface area contributed by atoms with Gasteiger partial charge in [0, 0.05) is 31.5 Å². The lowest BCUT2D eigenvalue weighted by atomic mass is 10.1. The molecular formula is C22H24N6O4. The molecule has 0 bridgehead atoms. The van der Waals surface area contributed by atoms with Gasteiger partial charge in [-0.05, 0) is 13.0 Å². The lowest BCUT2D eigenvalue weighted by Crippen LogP contribution is -2.33. The van der Waals surface area contributed by atoms with Gasteiger partial charge in [0.05, 0.1) is 49.5 Å². The van der Waals surface area contributed by atoms with Crippen molar-refractivity contribution in [2.45, 2.75) is 32.4 Å². The van der Waals surface area contributed by atoms with E-state index in [9.17, 15) is 4.79 Å². The smallest absolute Gasteiger partial charge is 0.291 e. The van der Waals surface area contributed by atoms with Crippen LogP contribution in [0.4, 0.5) is 5.69 Å². The van der Waals surface area contributed by atoms with Gasteiger partial charge in [0.2, 0.25) is 17.5 Å². The van der Waals surface area contributed by atoms with Gasteiger partial charge in [-0.3, -0.25) is 4.79 Å². The average Bonchev–Trinajstić information content (AvgIpc) is 3.51. The monoisotopic (exact) mass is 436 g/mol. The Morgan fingerprint density at radius 3 is 2.88 bits per heavy atom. The molecule has 2 aliphatic rings. The van der Waals surface area contributed by atoms with Crippen LogP contribution in [0.1, 0.15) is 33.8 Å². The van der Waals surface area contributed by atoms with Crippen LogP contribution in [-0.2, 0) is 13.0 Å². The lowest BCUT2D eigenvalue weighted by Gasteiger charge is -2.31. The number of nitrogens with zero attached hydrogens (tertiary/aromatic N) is 6. The molecule has 1 atom stereocenters. The number of carbonyl (C=O) groups is 1. The standard InChI is InChI=1S/C22H24N6O4/c1-14-7-15(8-24-20(14)30-2)27-6-4-18-17(11-27)21(26-12-25-18)32-16-3-5-28(10-16)22(29)19-9-23-13-31-19/h7-9,12-13,16H,3-6,10-11H2,1-2H3/t16-/m0/s1. The predicted octanol–water partition coefficient (Wildman–Crippen LogP) is 2.03. The fourth-order valence-electron chi connectivity index (χ4n) is 4.22. The minimum atomic E-state index is -0.174. The molecular weight excluding hydrogens is 412 g/mol. The average molecular weight is 436 g/mol. The third kappa shape index (κ3) is 3.83. The number of aryl methyl sites for hydroxylation is 1. The molecule has 0 radical (unpaired) electrons. The molecule has 5 rings (SSSR count). The fraction of sp³-hybridized carbons (Fsp3) is 0.409. The van der Waals surface area contributed by atoms with Gasteiger partial charge in [0.25, 0.3) is 5.91 Å². The van der Waals surface area contributed by atoms with E-state index in [-0.39, 0.29) is 17.8 Å². The van der Waals surface area contributed by atoms with Gasteiger partial charge in [0.1, 0.15) is 12.4 Å². The van der Waals surface area contributed by atoms with E-state index >= 15 is 0 Å². The van der Waals surface area contributed by atoms with Crippen LogP contribution in [-0.4, -0.2) is 63.6 Å². The van der Waals surface area contributed by atoms with Gasteiger partial charge in [-0.2, -0.15) is 0 Å². The van der Waals surface area contributed by atoms with Crippen molar-refractivity contribution in [3.63, 3.8) is 0 Å². The number of rotatable bonds is 5. The van der Waals surface area contributed by atoms with E-state index in [1.54, 1.807) is 18.3 Å². The van der Waals surface area contributed by atoms with Crippen LogP contribution in [0.3, 0.4) is 0 Å². The van der Waals surface area contributed by atoms with Crippen LogP contribution in [0.2, 0.25) is 0 Å². The molecule has 1 saturated heterocycles. The number of pyridine rings is 1. The molecule has 10 nitrogen and oxygen atoms in total. The van der Waals surface area contributed by atoms with Gasteiger partial charge in [-0.1, -0.05) is 0 Å². The summed E-state index contributed by atoms with van der Waals surface area (Å²) in [5.74, 6) is 1.28. The van der Waals surface area contributed by atoms with Gasteiger partial charge in [-0.25, -0.2) is 19.9 Å². The van der Waals surface area contributed by atoms with Crippen molar-refractivity contribution in [2.75, 3.05) is 31.6 Å². The van der Waals surface area contributed by atoms with E-state index in [0.717, 1.165) is 41.9 Å². The van der Waals surface area contributed by atoms with Crippen molar-refractivity contribution in [3.05, 3.63) is 53.8 Å². The van der Waals surface area contributed by atoms with Gasteiger partial charge >= 0.3 is 0 Å². The highest BCUT2D eigenvalue weighted by atomic mass is 16.5. The summed E-state index contributed by atoms with van der Waals surface area (Å²) in [6.07, 6.45) is 7.45. The van der Waals surface area contributed by atoms with Crippen molar-refractivity contribution in [1.82, 2.24) is 24.8 Å². The Balaban J connectivity index is 1.30. The van der Waals surface area contributed by atoms with Crippen LogP contribution in [0, 0.1) is 6.92 Å². The molecule has 0 aliphatic carbocycles. The number of amides is 1. The first-order valence-corrected chi connectivity index (χ1v) is 10.5. The molecule has 3 aromatic heterocycles. The van der Waals surface area contributed by atoms with Crippen LogP contribution < -0.4 is 14.4 Å². The van der Waals surface area contributed by atoms with Crippen LogP contribution >= 0.6 is 0 Å². The van der Waals surface area contributed by atoms with Crippen molar-refractivity contribution >= 4 is 11.6 Å². The number of fused-ring (bicyclic) bond motifs is 1. The molecule has 166 valence electrons. The van der Waals surface area contributed by atoms with E-state index in [1.807, 2.05) is 13.1 Å². The number of oxazole rings is 1. The lowest BCUT2D eigenvalue weighted by molar-refractivity contribution is 0.0739. The van der Waals surface area contributed by atoms with E-state index in [0.29, 0.717) is 31.4 Å². The second-order valence-corrected chi connectivity index (χ2v) is 7.94. The topological polar surface area (TPSA) is 107 Å². The zero-order valence-electron chi connectivity index (χ0n) is 18.0. The summed E-state index contributed by atoms with van der Waals surface area (Å²) >= 11 is 0. The minimum absolute atomic E-state index is 0.138. The number of ether oxygens (including phenoxy) is 2. The maximum atomic E-state index is 12.5. The molecule has 1 fully saturated rings. The molecule has 3 aromatic rings. The zero-order chi connectivity index (χ0) is 22.1. The maximum Gasteiger partial charge on any atom is 0.291 e. The van der Waals surface area contributed by atoms with Gasteiger partial charge in [0.15, 0.2) is 6.39 Å². The molecule has 5 heterocycles. The Morgan fingerprint density at radius 2 is 2.09 bits per heavy atom. The molecule has 2 aliphatic heterocycles. The molecule has 10 heteroatoms. The van der Waals surface area contributed by atoms with Crippen LogP contribution in [0.5, 0.6) is 11.8 Å². The zero-order valence-corrected chi connectivity index (χ0v) is 18.0. The van der Waals surface area contributed by atoms with E-state index in [1.165, 1.54) is 12.6 Å². The molecule has 1 amide bonds. The summed E-state index contributed by atoms with van der Waals surface area (Å²) < 4.78 is 16.7. The summed E-state index contributed by atoms with van der Waals surface area (Å²) in [6.45, 7) is 4.52. The number of likely N-dealkylation sites (tertiary alicyclic amines) is 1. The number of carbonyl (C=O) groups excluding carboxylic acids is 1. The third-order valence-electron chi connectivity index (χ3n) is 5.89. The van der Waals surface area contributed by atoms with E-state index < -0.39 is 0 Å². The van der Waals surface area contributed by atoms with Gasteiger partial charge < -0.3 is 23.7 Å². The Labute approximate surface area is 185 Å². The number of hydrogen-bond acceptors (Lipinski definition) is 9. The number of methoxy groups -OCH3 is 1. The molecule has 0 N–H and O–H groups in total. The van der Waals surface area contributed by atoms with E-state index in [4.69, 9.17) is 13.9 Å². The minimum Gasteiger partial charge on any atom is -0.481 e. The summed E-state index contributed by atoms with van der Waals surface area (Å²) in [7, 11) is 1.62. The Hall–Kier alpha value is -3.69. The largest absolute Gasteiger partial charge is 0.481 e. The van der Waals surface area contributed by atoms with Crippen molar-refractivity contribution < 1.29 is 18.7 Å². The highest BCUT2D eigenvalue weighted by Gasteiger charge is 2.31. The Morgan fingerprint density at radius 1 is 1.19 bits per heavy atom. The quantitative estimate of drug-likeness (QED) is 0.594. The first-order valence-electron chi connectivity index (χ1n) is 10.5. The van der Waals surface area contributed by atoms with Crippen LogP contribution in [0.15, 0.2) is 35.6 Å². The molecule has 0 unspecified atom stereocenters. The highest BCUT2D eigenvalue weighted by Crippen LogP contribution is 2.31.